The third-order valence-corrected chi connectivity index (χ3v) is 4.08. The molecule has 106 valence electrons. The van der Waals surface area contributed by atoms with E-state index in [4.69, 9.17) is 23.4 Å². The van der Waals surface area contributed by atoms with Crippen molar-refractivity contribution in [2.24, 2.45) is 5.73 Å². The molecule has 0 aromatic heterocycles. The summed E-state index contributed by atoms with van der Waals surface area (Å²) in [6.07, 6.45) is 3.78. The minimum atomic E-state index is -0.553. The fraction of sp³-hybridized carbons (Fsp3) is 0.636. The number of likely N-dealkylation sites (N-methyl/N-ethyl adjacent to an activating group) is 1. The van der Waals surface area contributed by atoms with Crippen molar-refractivity contribution in [3.05, 3.63) is 0 Å². The number of nitrogens with zero attached hydrogens (tertiary/aromatic N) is 2. The second-order valence-electron chi connectivity index (χ2n) is 4.23. The zero-order chi connectivity index (χ0) is 14.4. The van der Waals surface area contributed by atoms with Gasteiger partial charge in [0.15, 0.2) is 10.3 Å². The number of hydrogen-bond donors (Lipinski definition) is 2. The lowest BCUT2D eigenvalue weighted by molar-refractivity contribution is -0.142. The molecule has 1 rings (SSSR count). The van der Waals surface area contributed by atoms with Gasteiger partial charge in [-0.1, -0.05) is 24.6 Å². The minimum absolute atomic E-state index is 0.148. The summed E-state index contributed by atoms with van der Waals surface area (Å²) >= 11 is 6.38. The van der Waals surface area contributed by atoms with Crippen LogP contribution in [0.25, 0.3) is 0 Å². The van der Waals surface area contributed by atoms with Crippen LogP contribution in [0.4, 0.5) is 0 Å². The lowest BCUT2D eigenvalue weighted by atomic mass is 10.2. The molecule has 19 heavy (non-hydrogen) atoms. The Morgan fingerprint density at radius 1 is 1.26 bits per heavy atom. The highest BCUT2D eigenvalue weighted by Crippen LogP contribution is 2.13. The van der Waals surface area contributed by atoms with Gasteiger partial charge in [-0.25, -0.2) is 0 Å². The summed E-state index contributed by atoms with van der Waals surface area (Å²) < 4.78 is 0. The van der Waals surface area contributed by atoms with E-state index in [1.54, 1.807) is 0 Å². The standard InChI is InChI=1S/C11H18N4O2S2/c1-14-8(16)9(17)15(11(14)18)6-4-2-3-5-7-19-10(12)13/h2-7H2,1H3,(H3,12,13). The van der Waals surface area contributed by atoms with Gasteiger partial charge < -0.3 is 5.73 Å². The first kappa shape index (κ1) is 15.9. The summed E-state index contributed by atoms with van der Waals surface area (Å²) in [6.45, 7) is 0.494. The van der Waals surface area contributed by atoms with Crippen molar-refractivity contribution in [3.8, 4) is 0 Å². The molecule has 0 bridgehead atoms. The summed E-state index contributed by atoms with van der Waals surface area (Å²) in [5.74, 6) is -0.236. The van der Waals surface area contributed by atoms with Crippen molar-refractivity contribution in [1.82, 2.24) is 9.80 Å². The Kier molecular flexibility index (Phi) is 6.23. The van der Waals surface area contributed by atoms with E-state index in [2.05, 4.69) is 0 Å². The van der Waals surface area contributed by atoms with Crippen LogP contribution in [0.3, 0.4) is 0 Å². The Hall–Kier alpha value is -1.15. The van der Waals surface area contributed by atoms with Crippen LogP contribution in [-0.2, 0) is 9.59 Å². The number of thiocarbonyl (C=S) groups is 1. The molecular formula is C11H18N4O2S2. The Labute approximate surface area is 122 Å². The molecule has 0 atom stereocenters. The predicted octanol–water partition coefficient (Wildman–Crippen LogP) is 0.759. The van der Waals surface area contributed by atoms with Gasteiger partial charge in [0.2, 0.25) is 0 Å². The molecule has 1 saturated heterocycles. The average molecular weight is 302 g/mol. The summed E-state index contributed by atoms with van der Waals surface area (Å²) in [5, 5.41) is 7.49. The number of hydrogen-bond acceptors (Lipinski definition) is 5. The van der Waals surface area contributed by atoms with E-state index in [9.17, 15) is 9.59 Å². The van der Waals surface area contributed by atoms with Crippen LogP contribution in [0.1, 0.15) is 25.7 Å². The molecule has 0 aromatic carbocycles. The Bertz CT molecular complexity index is 400. The molecule has 1 aliphatic heterocycles. The Morgan fingerprint density at radius 2 is 1.89 bits per heavy atom. The molecular weight excluding hydrogens is 284 g/mol. The van der Waals surface area contributed by atoms with Crippen LogP contribution >= 0.6 is 24.0 Å². The van der Waals surface area contributed by atoms with E-state index in [0.29, 0.717) is 11.7 Å². The van der Waals surface area contributed by atoms with Gasteiger partial charge in [0, 0.05) is 19.3 Å². The van der Waals surface area contributed by atoms with Crippen molar-refractivity contribution in [1.29, 1.82) is 5.41 Å². The quantitative estimate of drug-likeness (QED) is 0.238. The third-order valence-electron chi connectivity index (χ3n) is 2.78. The van der Waals surface area contributed by atoms with Gasteiger partial charge >= 0.3 is 11.8 Å². The topological polar surface area (TPSA) is 90.5 Å². The van der Waals surface area contributed by atoms with Gasteiger partial charge in [0.1, 0.15) is 0 Å². The zero-order valence-corrected chi connectivity index (χ0v) is 12.5. The molecule has 1 heterocycles. The largest absolute Gasteiger partial charge is 0.379 e. The molecule has 1 fully saturated rings. The number of nitrogens with two attached hydrogens (primary N) is 1. The molecule has 3 N–H and O–H groups in total. The number of nitrogens with one attached hydrogen (secondary N) is 1. The lowest BCUT2D eigenvalue weighted by Gasteiger charge is -2.15. The lowest BCUT2D eigenvalue weighted by Crippen LogP contribution is -2.32. The van der Waals surface area contributed by atoms with Gasteiger partial charge in [-0.05, 0) is 25.1 Å². The number of rotatable bonds is 7. The van der Waals surface area contributed by atoms with Crippen molar-refractivity contribution < 1.29 is 9.59 Å². The maximum absolute atomic E-state index is 11.6. The van der Waals surface area contributed by atoms with E-state index in [0.717, 1.165) is 31.4 Å². The van der Waals surface area contributed by atoms with E-state index < -0.39 is 11.8 Å². The summed E-state index contributed by atoms with van der Waals surface area (Å²) in [7, 11) is 1.52. The second-order valence-corrected chi connectivity index (χ2v) is 5.73. The van der Waals surface area contributed by atoms with Crippen LogP contribution in [0.2, 0.25) is 0 Å². The first-order valence-electron chi connectivity index (χ1n) is 6.05. The van der Waals surface area contributed by atoms with Gasteiger partial charge in [-0.3, -0.25) is 24.8 Å². The average Bonchev–Trinajstić information content (AvgIpc) is 2.54. The Morgan fingerprint density at radius 3 is 2.42 bits per heavy atom. The minimum Gasteiger partial charge on any atom is -0.379 e. The van der Waals surface area contributed by atoms with E-state index in [1.807, 2.05) is 0 Å². The van der Waals surface area contributed by atoms with Crippen LogP contribution in [0.5, 0.6) is 0 Å². The highest BCUT2D eigenvalue weighted by molar-refractivity contribution is 8.13. The van der Waals surface area contributed by atoms with Crippen LogP contribution in [-0.4, -0.2) is 51.2 Å². The van der Waals surface area contributed by atoms with Crippen molar-refractivity contribution >= 4 is 46.1 Å². The first-order chi connectivity index (χ1) is 8.95. The highest BCUT2D eigenvalue weighted by atomic mass is 32.2. The van der Waals surface area contributed by atoms with E-state index >= 15 is 0 Å². The van der Waals surface area contributed by atoms with Gasteiger partial charge in [-0.15, -0.1) is 0 Å². The van der Waals surface area contributed by atoms with Crippen LogP contribution in [0, 0.1) is 5.41 Å². The molecule has 0 aromatic rings. The van der Waals surface area contributed by atoms with Crippen molar-refractivity contribution in [2.75, 3.05) is 19.3 Å². The van der Waals surface area contributed by atoms with E-state index in [1.165, 1.54) is 28.6 Å². The van der Waals surface area contributed by atoms with Crippen LogP contribution in [0.15, 0.2) is 0 Å². The molecule has 0 unspecified atom stereocenters. The summed E-state index contributed by atoms with van der Waals surface area (Å²) in [5.41, 5.74) is 5.22. The first-order valence-corrected chi connectivity index (χ1v) is 7.45. The monoisotopic (exact) mass is 302 g/mol. The van der Waals surface area contributed by atoms with Gasteiger partial charge in [0.25, 0.3) is 0 Å². The molecule has 6 nitrogen and oxygen atoms in total. The molecule has 0 spiro atoms. The normalized spacial score (nSPS) is 15.5. The molecule has 0 saturated carbocycles. The number of carbonyl (C=O) groups is 2. The van der Waals surface area contributed by atoms with Crippen LogP contribution < -0.4 is 5.73 Å². The highest BCUT2D eigenvalue weighted by Gasteiger charge is 2.38. The fourth-order valence-electron chi connectivity index (χ4n) is 1.72. The molecule has 8 heteroatoms. The molecule has 1 aliphatic rings. The SMILES string of the molecule is CN1C(=O)C(=O)N(CCCCCCSC(=N)N)C1=S. The number of thioether (sulfide) groups is 1. The number of amides is 2. The third kappa shape index (κ3) is 4.46. The fourth-order valence-corrected chi connectivity index (χ4v) is 2.54. The summed E-state index contributed by atoms with van der Waals surface area (Å²) in [4.78, 5) is 25.5. The smallest absolute Gasteiger partial charge is 0.318 e. The second kappa shape index (κ2) is 7.44. The zero-order valence-electron chi connectivity index (χ0n) is 10.8. The van der Waals surface area contributed by atoms with Gasteiger partial charge in [-0.2, -0.15) is 0 Å². The Balaban J connectivity index is 2.16. The van der Waals surface area contributed by atoms with Gasteiger partial charge in [0.05, 0.1) is 0 Å². The maximum atomic E-state index is 11.6. The molecule has 0 radical (unpaired) electrons. The number of unbranched alkanes of at least 4 members (excludes halogenated alkanes) is 3. The van der Waals surface area contributed by atoms with E-state index in [-0.39, 0.29) is 5.17 Å². The maximum Gasteiger partial charge on any atom is 0.318 e. The number of amidine groups is 1. The molecule has 2 amide bonds. The molecule has 0 aliphatic carbocycles. The summed E-state index contributed by atoms with van der Waals surface area (Å²) in [6, 6.07) is 0. The predicted molar refractivity (Wildman–Crippen MR) is 79.9 cm³/mol. The number of carbonyl (C=O) groups excluding carboxylic acids is 2. The van der Waals surface area contributed by atoms with Crippen molar-refractivity contribution in [2.45, 2.75) is 25.7 Å². The van der Waals surface area contributed by atoms with Crippen molar-refractivity contribution in [3.63, 3.8) is 0 Å².